The van der Waals surface area contributed by atoms with Crippen LogP contribution in [0, 0.1) is 0 Å². The molecule has 3 heterocycles. The monoisotopic (exact) mass is 434 g/mol. The van der Waals surface area contributed by atoms with Crippen molar-refractivity contribution in [2.45, 2.75) is 36.5 Å². The van der Waals surface area contributed by atoms with Gasteiger partial charge in [0.15, 0.2) is 0 Å². The molecule has 0 radical (unpaired) electrons. The fraction of sp³-hybridized carbons (Fsp3) is 0.375. The standard InChI is InChI=1S/C24H26N4O2S/c29-22(11-12-23(30)28-14-15-31-21-10-4-3-9-20(21)28)27-13-5-6-17(16-27)24-25-18-7-1-2-8-19(18)26-24/h1-4,7-10,17H,5-6,11-16H2,(H,25,26). The van der Waals surface area contributed by atoms with E-state index in [1.807, 2.05) is 52.3 Å². The normalized spacial score (nSPS) is 18.8. The van der Waals surface area contributed by atoms with Crippen molar-refractivity contribution in [2.75, 3.05) is 30.3 Å². The van der Waals surface area contributed by atoms with Gasteiger partial charge in [-0.25, -0.2) is 4.98 Å². The van der Waals surface area contributed by atoms with Crippen molar-refractivity contribution in [1.29, 1.82) is 0 Å². The van der Waals surface area contributed by atoms with E-state index in [9.17, 15) is 9.59 Å². The molecular weight excluding hydrogens is 408 g/mol. The summed E-state index contributed by atoms with van der Waals surface area (Å²) < 4.78 is 0. The average molecular weight is 435 g/mol. The predicted molar refractivity (Wildman–Crippen MR) is 123 cm³/mol. The van der Waals surface area contributed by atoms with Gasteiger partial charge in [-0.3, -0.25) is 9.59 Å². The molecule has 2 aliphatic rings. The van der Waals surface area contributed by atoms with E-state index in [-0.39, 0.29) is 30.6 Å². The van der Waals surface area contributed by atoms with Crippen LogP contribution in [0.2, 0.25) is 0 Å². The van der Waals surface area contributed by atoms with Gasteiger partial charge in [-0.1, -0.05) is 24.3 Å². The minimum absolute atomic E-state index is 0.0342. The van der Waals surface area contributed by atoms with Crippen LogP contribution in [-0.4, -0.2) is 52.1 Å². The molecule has 0 spiro atoms. The molecule has 5 rings (SSSR count). The number of fused-ring (bicyclic) bond motifs is 2. The van der Waals surface area contributed by atoms with Crippen LogP contribution in [0.5, 0.6) is 0 Å². The number of anilines is 1. The highest BCUT2D eigenvalue weighted by molar-refractivity contribution is 7.99. The first-order chi connectivity index (χ1) is 15.2. The fourth-order valence-corrected chi connectivity index (χ4v) is 5.52. The number of aromatic amines is 1. The second-order valence-corrected chi connectivity index (χ2v) is 9.32. The van der Waals surface area contributed by atoms with E-state index in [2.05, 4.69) is 11.1 Å². The topological polar surface area (TPSA) is 69.3 Å². The Labute approximate surface area is 186 Å². The highest BCUT2D eigenvalue weighted by Gasteiger charge is 2.28. The molecule has 1 saturated heterocycles. The molecule has 7 heteroatoms. The second kappa shape index (κ2) is 8.75. The van der Waals surface area contributed by atoms with Crippen LogP contribution in [0.4, 0.5) is 5.69 Å². The van der Waals surface area contributed by atoms with Gasteiger partial charge in [-0.2, -0.15) is 0 Å². The summed E-state index contributed by atoms with van der Waals surface area (Å²) in [7, 11) is 0. The van der Waals surface area contributed by atoms with Gasteiger partial charge in [-0.15, -0.1) is 11.8 Å². The number of aromatic nitrogens is 2. The Kier molecular flexibility index (Phi) is 5.68. The minimum atomic E-state index is 0.0342. The van der Waals surface area contributed by atoms with Gasteiger partial charge in [0.2, 0.25) is 11.8 Å². The SMILES string of the molecule is O=C(CCC(=O)N1CCSc2ccccc21)N1CCCC(c2nc3ccccc3[nH]2)C1. The van der Waals surface area contributed by atoms with Crippen molar-refractivity contribution in [2.24, 2.45) is 0 Å². The summed E-state index contributed by atoms with van der Waals surface area (Å²) in [6.07, 6.45) is 2.49. The molecule has 0 bridgehead atoms. The molecule has 1 unspecified atom stereocenters. The lowest BCUT2D eigenvalue weighted by Crippen LogP contribution is -2.40. The molecule has 1 aromatic heterocycles. The first-order valence-electron chi connectivity index (χ1n) is 10.9. The second-order valence-electron chi connectivity index (χ2n) is 8.18. The van der Waals surface area contributed by atoms with Crippen LogP contribution in [-0.2, 0) is 9.59 Å². The van der Waals surface area contributed by atoms with E-state index in [0.717, 1.165) is 52.6 Å². The van der Waals surface area contributed by atoms with E-state index in [1.54, 1.807) is 11.8 Å². The molecule has 0 saturated carbocycles. The summed E-state index contributed by atoms with van der Waals surface area (Å²) in [6.45, 7) is 2.12. The number of H-pyrrole nitrogens is 1. The van der Waals surface area contributed by atoms with E-state index in [4.69, 9.17) is 4.98 Å². The van der Waals surface area contributed by atoms with E-state index < -0.39 is 0 Å². The molecule has 3 aromatic rings. The number of nitrogens with zero attached hydrogens (tertiary/aromatic N) is 3. The predicted octanol–water partition coefficient (Wildman–Crippen LogP) is 4.19. The molecule has 0 aliphatic carbocycles. The molecule has 1 fully saturated rings. The zero-order chi connectivity index (χ0) is 21.2. The average Bonchev–Trinajstić information content (AvgIpc) is 3.26. The van der Waals surface area contributed by atoms with Gasteiger partial charge < -0.3 is 14.8 Å². The quantitative estimate of drug-likeness (QED) is 0.669. The summed E-state index contributed by atoms with van der Waals surface area (Å²) in [4.78, 5) is 38.8. The number of benzene rings is 2. The van der Waals surface area contributed by atoms with Gasteiger partial charge in [0.25, 0.3) is 0 Å². The van der Waals surface area contributed by atoms with Crippen LogP contribution in [0.15, 0.2) is 53.4 Å². The Morgan fingerprint density at radius 2 is 1.84 bits per heavy atom. The highest BCUT2D eigenvalue weighted by Crippen LogP contribution is 2.34. The number of rotatable bonds is 4. The molecule has 2 aromatic carbocycles. The number of carbonyl (C=O) groups is 2. The van der Waals surface area contributed by atoms with Gasteiger partial charge in [0.05, 0.1) is 16.7 Å². The third-order valence-corrected chi connectivity index (χ3v) is 7.19. The molecule has 2 aliphatic heterocycles. The number of likely N-dealkylation sites (tertiary alicyclic amines) is 1. The summed E-state index contributed by atoms with van der Waals surface area (Å²) >= 11 is 1.78. The Morgan fingerprint density at radius 1 is 1.03 bits per heavy atom. The molecule has 6 nitrogen and oxygen atoms in total. The highest BCUT2D eigenvalue weighted by atomic mass is 32.2. The number of nitrogens with one attached hydrogen (secondary N) is 1. The van der Waals surface area contributed by atoms with Crippen LogP contribution in [0.1, 0.15) is 37.4 Å². The Hall–Kier alpha value is -2.80. The summed E-state index contributed by atoms with van der Waals surface area (Å²) in [6, 6.07) is 16.0. The molecular formula is C24H26N4O2S. The summed E-state index contributed by atoms with van der Waals surface area (Å²) in [5.41, 5.74) is 2.97. The number of hydrogen-bond donors (Lipinski definition) is 1. The fourth-order valence-electron chi connectivity index (χ4n) is 4.53. The Morgan fingerprint density at radius 3 is 2.74 bits per heavy atom. The maximum Gasteiger partial charge on any atom is 0.227 e. The third kappa shape index (κ3) is 4.19. The molecule has 1 N–H and O–H groups in total. The van der Waals surface area contributed by atoms with Crippen molar-refractivity contribution >= 4 is 40.3 Å². The van der Waals surface area contributed by atoms with Crippen molar-refractivity contribution in [3.05, 3.63) is 54.4 Å². The van der Waals surface area contributed by atoms with Crippen LogP contribution < -0.4 is 4.90 Å². The maximum atomic E-state index is 12.9. The van der Waals surface area contributed by atoms with Crippen molar-refractivity contribution < 1.29 is 9.59 Å². The van der Waals surface area contributed by atoms with Crippen molar-refractivity contribution in [3.8, 4) is 0 Å². The minimum Gasteiger partial charge on any atom is -0.342 e. The number of thioether (sulfide) groups is 1. The molecule has 2 amide bonds. The Balaban J connectivity index is 1.20. The first kappa shape index (κ1) is 20.1. The van der Waals surface area contributed by atoms with Gasteiger partial charge >= 0.3 is 0 Å². The lowest BCUT2D eigenvalue weighted by molar-refractivity contribution is -0.134. The van der Waals surface area contributed by atoms with E-state index in [1.165, 1.54) is 0 Å². The van der Waals surface area contributed by atoms with E-state index >= 15 is 0 Å². The van der Waals surface area contributed by atoms with Crippen molar-refractivity contribution in [1.82, 2.24) is 14.9 Å². The summed E-state index contributed by atoms with van der Waals surface area (Å²) in [5, 5.41) is 0. The first-order valence-corrected chi connectivity index (χ1v) is 11.9. The number of piperidine rings is 1. The largest absolute Gasteiger partial charge is 0.342 e. The summed E-state index contributed by atoms with van der Waals surface area (Å²) in [5.74, 6) is 2.16. The smallest absolute Gasteiger partial charge is 0.227 e. The zero-order valence-corrected chi connectivity index (χ0v) is 18.2. The molecule has 160 valence electrons. The zero-order valence-electron chi connectivity index (χ0n) is 17.4. The van der Waals surface area contributed by atoms with Crippen LogP contribution in [0.25, 0.3) is 11.0 Å². The van der Waals surface area contributed by atoms with Gasteiger partial charge in [-0.05, 0) is 37.1 Å². The Bertz CT molecular complexity index is 1080. The van der Waals surface area contributed by atoms with E-state index in [0.29, 0.717) is 13.1 Å². The molecule has 1 atom stereocenters. The lowest BCUT2D eigenvalue weighted by atomic mass is 9.97. The van der Waals surface area contributed by atoms with Gasteiger partial charge in [0.1, 0.15) is 5.82 Å². The molecule has 31 heavy (non-hydrogen) atoms. The number of hydrogen-bond acceptors (Lipinski definition) is 4. The maximum absolute atomic E-state index is 12.9. The van der Waals surface area contributed by atoms with Crippen LogP contribution in [0.3, 0.4) is 0 Å². The van der Waals surface area contributed by atoms with Gasteiger partial charge in [0, 0.05) is 49.0 Å². The lowest BCUT2D eigenvalue weighted by Gasteiger charge is -2.32. The number of imidazole rings is 1. The number of amides is 2. The third-order valence-electron chi connectivity index (χ3n) is 6.15. The number of carbonyl (C=O) groups excluding carboxylic acids is 2. The van der Waals surface area contributed by atoms with Crippen LogP contribution >= 0.6 is 11.8 Å². The van der Waals surface area contributed by atoms with Crippen molar-refractivity contribution in [3.63, 3.8) is 0 Å². The number of para-hydroxylation sites is 3.